The van der Waals surface area contributed by atoms with E-state index in [1.165, 1.54) is 52.4 Å². The summed E-state index contributed by atoms with van der Waals surface area (Å²) < 4.78 is 28.1. The van der Waals surface area contributed by atoms with Gasteiger partial charge in [-0.15, -0.1) is 16.4 Å². The number of hydrogen-bond acceptors (Lipinski definition) is 4. The maximum atomic E-state index is 13.6. The average molecular weight is 382 g/mol. The van der Waals surface area contributed by atoms with Crippen molar-refractivity contribution >= 4 is 22.9 Å². The third kappa shape index (κ3) is 3.61. The third-order valence-corrected chi connectivity index (χ3v) is 4.57. The Kier molecular flexibility index (Phi) is 4.47. The van der Waals surface area contributed by atoms with Crippen molar-refractivity contribution in [1.29, 1.82) is 0 Å². The second-order valence-electron chi connectivity index (χ2n) is 5.59. The lowest BCUT2D eigenvalue weighted by Crippen LogP contribution is -2.14. The van der Waals surface area contributed by atoms with E-state index in [-0.39, 0.29) is 5.82 Å². The molecule has 0 bridgehead atoms. The molecule has 0 aliphatic rings. The van der Waals surface area contributed by atoms with Gasteiger partial charge in [-0.2, -0.15) is 0 Å². The molecule has 27 heavy (non-hydrogen) atoms. The lowest BCUT2D eigenvalue weighted by molar-refractivity contribution is 0.101. The summed E-state index contributed by atoms with van der Waals surface area (Å²) in [5, 5.41) is 8.74. The highest BCUT2D eigenvalue weighted by Crippen LogP contribution is 2.26. The maximum absolute atomic E-state index is 13.6. The summed E-state index contributed by atoms with van der Waals surface area (Å²) in [5.74, 6) is -1.01. The molecule has 8 heteroatoms. The van der Waals surface area contributed by atoms with E-state index in [0.717, 1.165) is 4.88 Å². The number of carbonyl (C=O) groups is 1. The Bertz CT molecular complexity index is 1090. The number of halogens is 2. The zero-order chi connectivity index (χ0) is 18.8. The van der Waals surface area contributed by atoms with Crippen LogP contribution in [0.5, 0.6) is 0 Å². The average Bonchev–Trinajstić information content (AvgIpc) is 3.33. The van der Waals surface area contributed by atoms with Crippen LogP contribution in [-0.2, 0) is 0 Å². The van der Waals surface area contributed by atoms with Gasteiger partial charge in [0.2, 0.25) is 5.82 Å². The fourth-order valence-electron chi connectivity index (χ4n) is 2.48. The second kappa shape index (κ2) is 7.08. The number of nitrogens with one attached hydrogen (secondary N) is 1. The molecule has 2 heterocycles. The van der Waals surface area contributed by atoms with E-state index in [4.69, 9.17) is 0 Å². The van der Waals surface area contributed by atoms with Crippen LogP contribution in [0.4, 0.5) is 14.5 Å². The van der Waals surface area contributed by atoms with Crippen LogP contribution in [-0.4, -0.2) is 20.7 Å². The summed E-state index contributed by atoms with van der Waals surface area (Å²) in [6, 6.07) is 14.9. The number of aromatic nitrogens is 3. The van der Waals surface area contributed by atoms with Crippen molar-refractivity contribution < 1.29 is 13.6 Å². The van der Waals surface area contributed by atoms with Gasteiger partial charge < -0.3 is 5.32 Å². The van der Waals surface area contributed by atoms with Crippen molar-refractivity contribution in [2.45, 2.75) is 0 Å². The molecule has 0 aliphatic heterocycles. The SMILES string of the molecule is O=C(Nc1ccc(F)cc1)c1nc(-c2cccs2)n(-c2cccc(F)c2)n1. The van der Waals surface area contributed by atoms with Crippen LogP contribution in [0.1, 0.15) is 10.6 Å². The van der Waals surface area contributed by atoms with E-state index in [1.54, 1.807) is 12.1 Å². The minimum absolute atomic E-state index is 0.0769. The molecule has 2 aromatic carbocycles. The lowest BCUT2D eigenvalue weighted by Gasteiger charge is -2.04. The molecule has 0 radical (unpaired) electrons. The van der Waals surface area contributed by atoms with E-state index < -0.39 is 17.5 Å². The molecule has 0 unspecified atom stereocenters. The predicted octanol–water partition coefficient (Wildman–Crippen LogP) is 4.53. The van der Waals surface area contributed by atoms with Gasteiger partial charge >= 0.3 is 0 Å². The molecule has 1 amide bonds. The fraction of sp³-hybridized carbons (Fsp3) is 0. The topological polar surface area (TPSA) is 59.8 Å². The molecular weight excluding hydrogens is 370 g/mol. The first-order valence-electron chi connectivity index (χ1n) is 7.94. The Morgan fingerprint density at radius 2 is 1.81 bits per heavy atom. The molecule has 0 fully saturated rings. The first-order valence-corrected chi connectivity index (χ1v) is 8.82. The smallest absolute Gasteiger partial charge is 0.295 e. The number of thiophene rings is 1. The first-order chi connectivity index (χ1) is 13.1. The van der Waals surface area contributed by atoms with Crippen molar-refractivity contribution in [3.8, 4) is 16.4 Å². The van der Waals surface area contributed by atoms with Crippen LogP contribution in [0.25, 0.3) is 16.4 Å². The van der Waals surface area contributed by atoms with Crippen LogP contribution >= 0.6 is 11.3 Å². The highest BCUT2D eigenvalue weighted by atomic mass is 32.1. The molecule has 0 aliphatic carbocycles. The molecule has 5 nitrogen and oxygen atoms in total. The van der Waals surface area contributed by atoms with Crippen molar-refractivity contribution in [3.63, 3.8) is 0 Å². The van der Waals surface area contributed by atoms with Gasteiger partial charge in [-0.1, -0.05) is 12.1 Å². The first kappa shape index (κ1) is 17.0. The summed E-state index contributed by atoms with van der Waals surface area (Å²) in [7, 11) is 0. The number of rotatable bonds is 4. The molecule has 0 atom stereocenters. The third-order valence-electron chi connectivity index (χ3n) is 3.71. The summed E-state index contributed by atoms with van der Waals surface area (Å²) in [6.45, 7) is 0. The van der Waals surface area contributed by atoms with E-state index in [9.17, 15) is 13.6 Å². The van der Waals surface area contributed by atoms with Gasteiger partial charge in [0.1, 0.15) is 11.6 Å². The maximum Gasteiger partial charge on any atom is 0.295 e. The quantitative estimate of drug-likeness (QED) is 0.564. The van der Waals surface area contributed by atoms with Gasteiger partial charge in [0.05, 0.1) is 10.6 Å². The van der Waals surface area contributed by atoms with Crippen LogP contribution < -0.4 is 5.32 Å². The van der Waals surface area contributed by atoms with Gasteiger partial charge in [-0.05, 0) is 53.9 Å². The Morgan fingerprint density at radius 1 is 1.00 bits per heavy atom. The zero-order valence-electron chi connectivity index (χ0n) is 13.8. The Morgan fingerprint density at radius 3 is 2.52 bits per heavy atom. The van der Waals surface area contributed by atoms with Crippen LogP contribution in [0.2, 0.25) is 0 Å². The van der Waals surface area contributed by atoms with Crippen molar-refractivity contribution in [1.82, 2.24) is 14.8 Å². The number of benzene rings is 2. The van der Waals surface area contributed by atoms with Crippen LogP contribution in [0.15, 0.2) is 66.0 Å². The fourth-order valence-corrected chi connectivity index (χ4v) is 3.18. The van der Waals surface area contributed by atoms with Crippen LogP contribution in [0, 0.1) is 11.6 Å². The predicted molar refractivity (Wildman–Crippen MR) is 99.0 cm³/mol. The highest BCUT2D eigenvalue weighted by molar-refractivity contribution is 7.13. The van der Waals surface area contributed by atoms with E-state index in [1.807, 2.05) is 17.5 Å². The van der Waals surface area contributed by atoms with Gasteiger partial charge in [0.15, 0.2) is 5.82 Å². The Hall–Kier alpha value is -3.39. The number of amides is 1. The summed E-state index contributed by atoms with van der Waals surface area (Å²) in [6.07, 6.45) is 0. The Labute approximate surface area is 156 Å². The summed E-state index contributed by atoms with van der Waals surface area (Å²) in [4.78, 5) is 17.6. The molecule has 4 rings (SSSR count). The van der Waals surface area contributed by atoms with Gasteiger partial charge in [0, 0.05) is 5.69 Å². The largest absolute Gasteiger partial charge is 0.319 e. The van der Waals surface area contributed by atoms with Crippen molar-refractivity contribution in [2.24, 2.45) is 0 Å². The van der Waals surface area contributed by atoms with Gasteiger partial charge in [0.25, 0.3) is 5.91 Å². The molecule has 134 valence electrons. The summed E-state index contributed by atoms with van der Waals surface area (Å²) >= 11 is 1.43. The lowest BCUT2D eigenvalue weighted by atomic mass is 10.3. The van der Waals surface area contributed by atoms with E-state index in [0.29, 0.717) is 17.2 Å². The molecule has 1 N–H and O–H groups in total. The number of hydrogen-bond donors (Lipinski definition) is 1. The van der Waals surface area contributed by atoms with Gasteiger partial charge in [-0.25, -0.2) is 18.4 Å². The van der Waals surface area contributed by atoms with Crippen molar-refractivity contribution in [2.75, 3.05) is 5.32 Å². The van der Waals surface area contributed by atoms with E-state index in [2.05, 4.69) is 15.4 Å². The highest BCUT2D eigenvalue weighted by Gasteiger charge is 2.19. The number of nitrogens with zero attached hydrogens (tertiary/aromatic N) is 3. The Balaban J connectivity index is 1.72. The molecule has 4 aromatic rings. The molecule has 0 saturated heterocycles. The molecule has 2 aromatic heterocycles. The van der Waals surface area contributed by atoms with Gasteiger partial charge in [-0.3, -0.25) is 4.79 Å². The monoisotopic (exact) mass is 382 g/mol. The number of anilines is 1. The normalized spacial score (nSPS) is 10.7. The minimum Gasteiger partial charge on any atom is -0.319 e. The second-order valence-corrected chi connectivity index (χ2v) is 6.54. The number of carbonyl (C=O) groups excluding carboxylic acids is 1. The van der Waals surface area contributed by atoms with Crippen LogP contribution in [0.3, 0.4) is 0 Å². The standard InChI is InChI=1S/C19H12F2N4OS/c20-12-6-8-14(9-7-12)22-19(26)17-23-18(16-5-2-10-27-16)25(24-17)15-4-1-3-13(21)11-15/h1-11H,(H,22,26). The molecular formula is C19H12F2N4OS. The minimum atomic E-state index is -0.547. The molecule has 0 saturated carbocycles. The zero-order valence-corrected chi connectivity index (χ0v) is 14.6. The van der Waals surface area contributed by atoms with Crippen molar-refractivity contribution in [3.05, 3.63) is 83.5 Å². The summed E-state index contributed by atoms with van der Waals surface area (Å²) in [5.41, 5.74) is 0.868. The molecule has 0 spiro atoms. The van der Waals surface area contributed by atoms with E-state index >= 15 is 0 Å².